The van der Waals surface area contributed by atoms with Gasteiger partial charge in [0.05, 0.1) is 22.0 Å². The highest BCUT2D eigenvalue weighted by Crippen LogP contribution is 2.49. The minimum Gasteiger partial charge on any atom is -0.252 e. The van der Waals surface area contributed by atoms with Gasteiger partial charge in [-0.3, -0.25) is 5.10 Å². The summed E-state index contributed by atoms with van der Waals surface area (Å²) in [4.78, 5) is 0. The Morgan fingerprint density at radius 2 is 1.75 bits per heavy atom. The zero-order valence-corrected chi connectivity index (χ0v) is 21.5. The van der Waals surface area contributed by atoms with Crippen molar-refractivity contribution in [3.05, 3.63) is 118 Å². The van der Waals surface area contributed by atoms with E-state index in [-0.39, 0.29) is 33.5 Å². The first-order valence-electron chi connectivity index (χ1n) is 12.7. The Morgan fingerprint density at radius 3 is 2.35 bits per heavy atom. The van der Waals surface area contributed by atoms with Gasteiger partial charge in [0.2, 0.25) is 5.95 Å². The van der Waals surface area contributed by atoms with Crippen LogP contribution in [0.3, 0.4) is 0 Å². The summed E-state index contributed by atoms with van der Waals surface area (Å²) in [5.74, 6) is -2.09. The zero-order chi connectivity index (χ0) is 28.6. The molecule has 3 aromatic carbocycles. The number of halogens is 5. The molecule has 1 N–H and O–H groups in total. The van der Waals surface area contributed by atoms with E-state index in [1.165, 1.54) is 6.07 Å². The van der Waals surface area contributed by atoms with Crippen molar-refractivity contribution in [2.45, 2.75) is 32.4 Å². The second-order valence-corrected chi connectivity index (χ2v) is 9.94. The second kappa shape index (κ2) is 10.6. The fourth-order valence-electron chi connectivity index (χ4n) is 5.09. The van der Waals surface area contributed by atoms with Crippen LogP contribution in [0.2, 0.25) is 0 Å². The standard InChI is InChI=1S/C32H24F5N3/c1-18(2)6-7-19-8-10-21(11-9-19)28(23-14-15-27-30(25(23)17-38)31(34)40-39-27)29(20-4-3-5-20)24-13-12-22(33)16-26(24)32(35,36)37/h6-16,20H,1,3-5H2,2H3,(H,39,40)/b7-6+,29-28+. The van der Waals surface area contributed by atoms with Crippen molar-refractivity contribution >= 4 is 28.1 Å². The van der Waals surface area contributed by atoms with Crippen LogP contribution < -0.4 is 0 Å². The second-order valence-electron chi connectivity index (χ2n) is 9.94. The Balaban J connectivity index is 1.89. The molecule has 1 aliphatic rings. The van der Waals surface area contributed by atoms with Crippen LogP contribution in [0, 0.1) is 29.0 Å². The largest absolute Gasteiger partial charge is 0.417 e. The van der Waals surface area contributed by atoms with Crippen molar-refractivity contribution in [3.63, 3.8) is 0 Å². The van der Waals surface area contributed by atoms with Gasteiger partial charge in [-0.05, 0) is 71.7 Å². The number of fused-ring (bicyclic) bond motifs is 1. The predicted molar refractivity (Wildman–Crippen MR) is 146 cm³/mol. The Bertz CT molecular complexity index is 1710. The molecule has 0 bridgehead atoms. The Labute approximate surface area is 228 Å². The maximum absolute atomic E-state index is 14.8. The summed E-state index contributed by atoms with van der Waals surface area (Å²) in [6, 6.07) is 15.0. The van der Waals surface area contributed by atoms with Crippen molar-refractivity contribution in [2.24, 2.45) is 5.92 Å². The van der Waals surface area contributed by atoms with Crippen LogP contribution in [-0.4, -0.2) is 10.2 Å². The summed E-state index contributed by atoms with van der Waals surface area (Å²) in [6.45, 7) is 5.70. The van der Waals surface area contributed by atoms with E-state index < -0.39 is 23.5 Å². The fraction of sp³-hybridized carbons (Fsp3) is 0.188. The predicted octanol–water partition coefficient (Wildman–Crippen LogP) is 9.08. The lowest BCUT2D eigenvalue weighted by molar-refractivity contribution is -0.138. The highest BCUT2D eigenvalue weighted by atomic mass is 19.4. The van der Waals surface area contributed by atoms with Crippen LogP contribution in [0.15, 0.2) is 72.8 Å². The van der Waals surface area contributed by atoms with Crippen molar-refractivity contribution in [1.29, 1.82) is 5.26 Å². The van der Waals surface area contributed by atoms with Crippen molar-refractivity contribution in [2.75, 3.05) is 0 Å². The smallest absolute Gasteiger partial charge is 0.252 e. The maximum atomic E-state index is 14.8. The number of nitrogens with one attached hydrogen (secondary N) is 1. The van der Waals surface area contributed by atoms with Crippen LogP contribution in [0.5, 0.6) is 0 Å². The van der Waals surface area contributed by atoms with Crippen LogP contribution in [0.1, 0.15) is 59.6 Å². The third-order valence-corrected chi connectivity index (χ3v) is 7.18. The van der Waals surface area contributed by atoms with Crippen LogP contribution >= 0.6 is 0 Å². The number of benzene rings is 3. The number of alkyl halides is 3. The summed E-state index contributed by atoms with van der Waals surface area (Å²) >= 11 is 0. The summed E-state index contributed by atoms with van der Waals surface area (Å²) < 4.78 is 71.8. The van der Waals surface area contributed by atoms with Gasteiger partial charge in [0.25, 0.3) is 0 Å². The van der Waals surface area contributed by atoms with E-state index in [1.807, 2.05) is 31.2 Å². The quantitative estimate of drug-likeness (QED) is 0.149. The summed E-state index contributed by atoms with van der Waals surface area (Å²) in [7, 11) is 0. The van der Waals surface area contributed by atoms with Gasteiger partial charge in [-0.2, -0.15) is 27.9 Å². The Morgan fingerprint density at radius 1 is 1.05 bits per heavy atom. The van der Waals surface area contributed by atoms with E-state index >= 15 is 0 Å². The molecule has 3 nitrogen and oxygen atoms in total. The average molecular weight is 546 g/mol. The lowest BCUT2D eigenvalue weighted by Gasteiger charge is -2.33. The first-order valence-corrected chi connectivity index (χ1v) is 12.7. The molecule has 0 saturated heterocycles. The van der Waals surface area contributed by atoms with Gasteiger partial charge in [-0.1, -0.05) is 67.1 Å². The van der Waals surface area contributed by atoms with E-state index in [9.17, 15) is 27.2 Å². The molecule has 0 amide bonds. The number of hydrogen-bond acceptors (Lipinski definition) is 2. The number of hydrogen-bond donors (Lipinski definition) is 1. The van der Waals surface area contributed by atoms with Gasteiger partial charge in [0.1, 0.15) is 11.9 Å². The molecule has 0 spiro atoms. The molecule has 5 rings (SSSR count). The van der Waals surface area contributed by atoms with E-state index in [0.717, 1.165) is 29.7 Å². The molecule has 1 aliphatic carbocycles. The maximum Gasteiger partial charge on any atom is 0.417 e. The number of H-pyrrole nitrogens is 1. The molecule has 1 fully saturated rings. The number of nitrogens with zero attached hydrogens (tertiary/aromatic N) is 2. The first-order chi connectivity index (χ1) is 19.1. The molecule has 0 unspecified atom stereocenters. The molecular formula is C32H24F5N3. The SMILES string of the molecule is C=C(C)/C=C/c1ccc(/C(=C(\c2ccc(F)cc2C(F)(F)F)C2CCC2)c2ccc3n[nH]c(F)c3c2C#N)cc1. The van der Waals surface area contributed by atoms with Gasteiger partial charge in [0.15, 0.2) is 0 Å². The molecule has 1 aromatic heterocycles. The fourth-order valence-corrected chi connectivity index (χ4v) is 5.09. The minimum absolute atomic E-state index is 0.0402. The third kappa shape index (κ3) is 5.07. The molecule has 0 atom stereocenters. The van der Waals surface area contributed by atoms with Crippen LogP contribution in [0.25, 0.3) is 28.1 Å². The number of aromatic amines is 1. The summed E-state index contributed by atoms with van der Waals surface area (Å²) in [6.07, 6.45) is 0.928. The van der Waals surface area contributed by atoms with Crippen molar-refractivity contribution < 1.29 is 22.0 Å². The van der Waals surface area contributed by atoms with E-state index in [0.29, 0.717) is 35.6 Å². The van der Waals surface area contributed by atoms with Crippen molar-refractivity contribution in [1.82, 2.24) is 10.2 Å². The molecule has 202 valence electrons. The van der Waals surface area contributed by atoms with Gasteiger partial charge in [-0.25, -0.2) is 4.39 Å². The molecule has 1 saturated carbocycles. The number of aromatic nitrogens is 2. The number of rotatable bonds is 6. The lowest BCUT2D eigenvalue weighted by atomic mass is 9.71. The zero-order valence-electron chi connectivity index (χ0n) is 21.5. The molecule has 0 aliphatic heterocycles. The topological polar surface area (TPSA) is 52.5 Å². The molecule has 1 heterocycles. The van der Waals surface area contributed by atoms with E-state index in [2.05, 4.69) is 22.8 Å². The third-order valence-electron chi connectivity index (χ3n) is 7.18. The monoisotopic (exact) mass is 545 g/mol. The molecule has 40 heavy (non-hydrogen) atoms. The Hall–Kier alpha value is -4.51. The minimum atomic E-state index is -4.83. The summed E-state index contributed by atoms with van der Waals surface area (Å²) in [5.41, 5.74) is 2.16. The lowest BCUT2D eigenvalue weighted by Crippen LogP contribution is -2.19. The van der Waals surface area contributed by atoms with Gasteiger partial charge >= 0.3 is 6.18 Å². The Kier molecular flexibility index (Phi) is 7.16. The average Bonchev–Trinajstić information content (AvgIpc) is 3.27. The van der Waals surface area contributed by atoms with Crippen molar-refractivity contribution in [3.8, 4) is 6.07 Å². The van der Waals surface area contributed by atoms with E-state index in [1.54, 1.807) is 18.2 Å². The van der Waals surface area contributed by atoms with Gasteiger partial charge in [0, 0.05) is 5.56 Å². The normalized spacial score (nSPS) is 14.7. The number of allylic oxidation sites excluding steroid dienone is 3. The molecule has 8 heteroatoms. The van der Waals surface area contributed by atoms with Crippen LogP contribution in [0.4, 0.5) is 22.0 Å². The first kappa shape index (κ1) is 27.1. The molecule has 4 aromatic rings. The highest BCUT2D eigenvalue weighted by molar-refractivity contribution is 6.04. The number of nitriles is 1. The molecule has 0 radical (unpaired) electrons. The molecular weight excluding hydrogens is 521 g/mol. The highest BCUT2D eigenvalue weighted by Gasteiger charge is 2.38. The van der Waals surface area contributed by atoms with Gasteiger partial charge < -0.3 is 0 Å². The van der Waals surface area contributed by atoms with E-state index in [4.69, 9.17) is 0 Å². The van der Waals surface area contributed by atoms with Gasteiger partial charge in [-0.15, -0.1) is 0 Å². The van der Waals surface area contributed by atoms with Crippen LogP contribution in [-0.2, 0) is 6.18 Å². The summed E-state index contributed by atoms with van der Waals surface area (Å²) in [5, 5.41) is 16.3.